The van der Waals surface area contributed by atoms with Crippen molar-refractivity contribution in [2.24, 2.45) is 10.7 Å². The lowest BCUT2D eigenvalue weighted by atomic mass is 10.0. The van der Waals surface area contributed by atoms with E-state index in [1.807, 2.05) is 84.9 Å². The SMILES string of the molecule is NC(Cc1ccccc1)C(=O)N[C@H]1N=C(c2ccccc2)c2ccccc2NC1=O. The lowest BCUT2D eigenvalue weighted by Gasteiger charge is -2.17. The fraction of sp³-hybridized carbons (Fsp3) is 0.125. The van der Waals surface area contributed by atoms with Crippen LogP contribution in [0.3, 0.4) is 0 Å². The van der Waals surface area contributed by atoms with Crippen LogP contribution >= 0.6 is 0 Å². The topological polar surface area (TPSA) is 96.6 Å². The van der Waals surface area contributed by atoms with Crippen LogP contribution < -0.4 is 16.4 Å². The van der Waals surface area contributed by atoms with Crippen molar-refractivity contribution in [3.05, 3.63) is 102 Å². The lowest BCUT2D eigenvalue weighted by molar-refractivity contribution is -0.127. The lowest BCUT2D eigenvalue weighted by Crippen LogP contribution is -2.49. The summed E-state index contributed by atoms with van der Waals surface area (Å²) < 4.78 is 0. The number of rotatable bonds is 5. The van der Waals surface area contributed by atoms with Crippen LogP contribution in [0.2, 0.25) is 0 Å². The van der Waals surface area contributed by atoms with Crippen molar-refractivity contribution in [3.63, 3.8) is 0 Å². The molecular formula is C24H22N4O2. The minimum atomic E-state index is -1.08. The van der Waals surface area contributed by atoms with E-state index in [4.69, 9.17) is 5.73 Å². The Labute approximate surface area is 174 Å². The standard InChI is InChI=1S/C24H22N4O2/c25-19(15-16-9-3-1-4-10-16)23(29)28-22-24(30)26-20-14-8-7-13-18(20)21(27-22)17-11-5-2-6-12-17/h1-14,19,22H,15,25H2,(H,26,30)(H,28,29)/t19?,22-/m1/s1. The quantitative estimate of drug-likeness (QED) is 0.616. The average molecular weight is 398 g/mol. The zero-order valence-corrected chi connectivity index (χ0v) is 16.3. The molecule has 0 radical (unpaired) electrons. The number of nitrogens with two attached hydrogens (primary N) is 1. The van der Waals surface area contributed by atoms with Gasteiger partial charge in [-0.2, -0.15) is 0 Å². The second-order valence-corrected chi connectivity index (χ2v) is 7.09. The fourth-order valence-corrected chi connectivity index (χ4v) is 3.38. The van der Waals surface area contributed by atoms with Crippen molar-refractivity contribution in [2.45, 2.75) is 18.6 Å². The van der Waals surface area contributed by atoms with Gasteiger partial charge in [0, 0.05) is 11.1 Å². The van der Waals surface area contributed by atoms with E-state index < -0.39 is 24.0 Å². The number of hydrogen-bond acceptors (Lipinski definition) is 4. The Kier molecular flexibility index (Phi) is 5.68. The predicted molar refractivity (Wildman–Crippen MR) is 117 cm³/mol. The number of carbonyl (C=O) groups is 2. The molecule has 0 bridgehead atoms. The number of fused-ring (bicyclic) bond motifs is 1. The number of anilines is 1. The summed E-state index contributed by atoms with van der Waals surface area (Å²) in [5.74, 6) is -0.838. The van der Waals surface area contributed by atoms with Gasteiger partial charge in [0.2, 0.25) is 12.1 Å². The third-order valence-corrected chi connectivity index (χ3v) is 4.91. The van der Waals surface area contributed by atoms with Gasteiger partial charge in [-0.1, -0.05) is 78.9 Å². The first-order valence-electron chi connectivity index (χ1n) is 9.75. The van der Waals surface area contributed by atoms with Crippen molar-refractivity contribution >= 4 is 23.2 Å². The number of nitrogens with zero attached hydrogens (tertiary/aromatic N) is 1. The van der Waals surface area contributed by atoms with Gasteiger partial charge in [0.1, 0.15) is 0 Å². The van der Waals surface area contributed by atoms with Gasteiger partial charge in [0.05, 0.1) is 17.4 Å². The highest BCUT2D eigenvalue weighted by molar-refractivity contribution is 6.19. The van der Waals surface area contributed by atoms with Crippen molar-refractivity contribution in [3.8, 4) is 0 Å². The first-order valence-corrected chi connectivity index (χ1v) is 9.75. The molecule has 0 saturated carbocycles. The molecule has 4 rings (SSSR count). The normalized spacial score (nSPS) is 16.5. The Morgan fingerprint density at radius 1 is 0.967 bits per heavy atom. The second kappa shape index (κ2) is 8.71. The number of aliphatic imine (C=N–C) groups is 1. The molecule has 1 aliphatic heterocycles. The number of hydrogen-bond donors (Lipinski definition) is 3. The average Bonchev–Trinajstić information content (AvgIpc) is 2.91. The van der Waals surface area contributed by atoms with E-state index in [-0.39, 0.29) is 0 Å². The Balaban J connectivity index is 1.61. The van der Waals surface area contributed by atoms with E-state index in [1.165, 1.54) is 0 Å². The first kappa shape index (κ1) is 19.5. The number of carbonyl (C=O) groups excluding carboxylic acids is 2. The number of benzodiazepines with no additional fused rings is 1. The van der Waals surface area contributed by atoms with Gasteiger partial charge in [-0.3, -0.25) is 9.59 Å². The van der Waals surface area contributed by atoms with Gasteiger partial charge >= 0.3 is 0 Å². The van der Waals surface area contributed by atoms with E-state index in [1.54, 1.807) is 0 Å². The van der Waals surface area contributed by atoms with Gasteiger partial charge in [-0.15, -0.1) is 0 Å². The molecule has 30 heavy (non-hydrogen) atoms. The second-order valence-electron chi connectivity index (χ2n) is 7.09. The number of nitrogens with one attached hydrogen (secondary N) is 2. The molecule has 0 aliphatic carbocycles. The minimum Gasteiger partial charge on any atom is -0.325 e. The minimum absolute atomic E-state index is 0.372. The van der Waals surface area contributed by atoms with Crippen molar-refractivity contribution in [1.82, 2.24) is 5.32 Å². The Bertz CT molecular complexity index is 1080. The Morgan fingerprint density at radius 3 is 2.33 bits per heavy atom. The molecule has 2 atom stereocenters. The van der Waals surface area contributed by atoms with Crippen LogP contribution in [0.15, 0.2) is 89.9 Å². The summed E-state index contributed by atoms with van der Waals surface area (Å²) in [5.41, 5.74) is 9.97. The highest BCUT2D eigenvalue weighted by Crippen LogP contribution is 2.23. The first-order chi connectivity index (χ1) is 14.6. The molecule has 1 aliphatic rings. The van der Waals surface area contributed by atoms with Crippen LogP contribution in [-0.2, 0) is 16.0 Å². The molecule has 150 valence electrons. The number of para-hydroxylation sites is 1. The van der Waals surface area contributed by atoms with Gasteiger partial charge in [0.25, 0.3) is 5.91 Å². The van der Waals surface area contributed by atoms with E-state index in [9.17, 15) is 9.59 Å². The van der Waals surface area contributed by atoms with Crippen LogP contribution in [0.25, 0.3) is 0 Å². The van der Waals surface area contributed by atoms with E-state index in [0.29, 0.717) is 17.8 Å². The Hall–Kier alpha value is -3.77. The van der Waals surface area contributed by atoms with Crippen molar-refractivity contribution in [1.29, 1.82) is 0 Å². The molecular weight excluding hydrogens is 376 g/mol. The summed E-state index contributed by atoms with van der Waals surface area (Å²) >= 11 is 0. The zero-order chi connectivity index (χ0) is 20.9. The molecule has 3 aromatic rings. The smallest absolute Gasteiger partial charge is 0.269 e. The van der Waals surface area contributed by atoms with Gasteiger partial charge in [0.15, 0.2) is 0 Å². The van der Waals surface area contributed by atoms with Crippen LogP contribution in [0.4, 0.5) is 5.69 Å². The molecule has 1 heterocycles. The molecule has 4 N–H and O–H groups in total. The molecule has 0 saturated heterocycles. The third-order valence-electron chi connectivity index (χ3n) is 4.91. The highest BCUT2D eigenvalue weighted by atomic mass is 16.2. The molecule has 6 heteroatoms. The van der Waals surface area contributed by atoms with Crippen LogP contribution in [-0.4, -0.2) is 29.7 Å². The van der Waals surface area contributed by atoms with Crippen molar-refractivity contribution in [2.75, 3.05) is 5.32 Å². The monoisotopic (exact) mass is 398 g/mol. The van der Waals surface area contributed by atoms with Gasteiger partial charge in [-0.05, 0) is 18.1 Å². The van der Waals surface area contributed by atoms with E-state index in [2.05, 4.69) is 15.6 Å². The van der Waals surface area contributed by atoms with Crippen LogP contribution in [0.1, 0.15) is 16.7 Å². The predicted octanol–water partition coefficient (Wildman–Crippen LogP) is 2.49. The van der Waals surface area contributed by atoms with E-state index in [0.717, 1.165) is 16.7 Å². The molecule has 6 nitrogen and oxygen atoms in total. The van der Waals surface area contributed by atoms with E-state index >= 15 is 0 Å². The maximum absolute atomic E-state index is 12.8. The third kappa shape index (κ3) is 4.29. The van der Waals surface area contributed by atoms with Gasteiger partial charge in [-0.25, -0.2) is 4.99 Å². The largest absolute Gasteiger partial charge is 0.325 e. The van der Waals surface area contributed by atoms with Crippen molar-refractivity contribution < 1.29 is 9.59 Å². The van der Waals surface area contributed by atoms with Crippen LogP contribution in [0, 0.1) is 0 Å². The summed E-state index contributed by atoms with van der Waals surface area (Å²) in [4.78, 5) is 30.1. The van der Waals surface area contributed by atoms with Crippen LogP contribution in [0.5, 0.6) is 0 Å². The summed E-state index contributed by atoms with van der Waals surface area (Å²) in [5, 5.41) is 5.56. The summed E-state index contributed by atoms with van der Waals surface area (Å²) in [7, 11) is 0. The summed E-state index contributed by atoms with van der Waals surface area (Å²) in [6.07, 6.45) is -0.710. The highest BCUT2D eigenvalue weighted by Gasteiger charge is 2.28. The molecule has 2 amide bonds. The molecule has 0 fully saturated rings. The molecule has 0 spiro atoms. The molecule has 3 aromatic carbocycles. The molecule has 1 unspecified atom stereocenters. The zero-order valence-electron chi connectivity index (χ0n) is 16.3. The van der Waals surface area contributed by atoms with Gasteiger partial charge < -0.3 is 16.4 Å². The Morgan fingerprint density at radius 2 is 1.60 bits per heavy atom. The maximum atomic E-state index is 12.8. The summed E-state index contributed by atoms with van der Waals surface area (Å²) in [6.45, 7) is 0. The summed E-state index contributed by atoms with van der Waals surface area (Å²) in [6, 6.07) is 25.7. The maximum Gasteiger partial charge on any atom is 0.269 e. The number of amides is 2. The molecule has 0 aromatic heterocycles. The fourth-order valence-electron chi connectivity index (χ4n) is 3.38. The number of benzene rings is 3.